The van der Waals surface area contributed by atoms with Crippen molar-refractivity contribution in [3.8, 4) is 0 Å². The Morgan fingerprint density at radius 3 is 2.57 bits per heavy atom. The lowest BCUT2D eigenvalue weighted by Crippen LogP contribution is -2.35. The van der Waals surface area contributed by atoms with Crippen molar-refractivity contribution in [2.24, 2.45) is 0 Å². The topological polar surface area (TPSA) is 49.3 Å². The first-order valence-electron chi connectivity index (χ1n) is 6.45. The van der Waals surface area contributed by atoms with E-state index in [1.54, 1.807) is 24.3 Å². The number of fused-ring (bicyclic) bond motifs is 1. The number of nitrogens with one attached hydrogen (secondary N) is 1. The SMILES string of the molecule is CC(F)(F)c1cccc(C2(O)C(=O)Nc3ccccc32)c1. The highest BCUT2D eigenvalue weighted by Gasteiger charge is 2.47. The second-order valence-corrected chi connectivity index (χ2v) is 5.18. The number of hydrogen-bond donors (Lipinski definition) is 2. The van der Waals surface area contributed by atoms with Gasteiger partial charge in [0, 0.05) is 23.7 Å². The van der Waals surface area contributed by atoms with Gasteiger partial charge in [-0.25, -0.2) is 8.78 Å². The van der Waals surface area contributed by atoms with Gasteiger partial charge in [-0.3, -0.25) is 4.79 Å². The molecule has 1 atom stereocenters. The molecule has 108 valence electrons. The van der Waals surface area contributed by atoms with E-state index < -0.39 is 17.4 Å². The molecule has 1 heterocycles. The van der Waals surface area contributed by atoms with E-state index in [0.717, 1.165) is 6.92 Å². The van der Waals surface area contributed by atoms with Crippen LogP contribution in [0, 0.1) is 0 Å². The van der Waals surface area contributed by atoms with Crippen molar-refractivity contribution in [1.29, 1.82) is 0 Å². The molecule has 1 unspecified atom stereocenters. The Morgan fingerprint density at radius 2 is 1.86 bits per heavy atom. The average Bonchev–Trinajstić information content (AvgIpc) is 2.71. The van der Waals surface area contributed by atoms with Gasteiger partial charge in [-0.05, 0) is 17.7 Å². The number of para-hydroxylation sites is 1. The molecule has 2 aromatic carbocycles. The summed E-state index contributed by atoms with van der Waals surface area (Å²) in [6, 6.07) is 12.0. The summed E-state index contributed by atoms with van der Waals surface area (Å²) in [5, 5.41) is 13.4. The molecule has 0 radical (unpaired) electrons. The zero-order valence-electron chi connectivity index (χ0n) is 11.2. The molecule has 0 fully saturated rings. The standard InChI is InChI=1S/C16H13F2NO2/c1-15(17,18)10-5-4-6-11(9-10)16(21)12-7-2-3-8-13(12)19-14(16)20/h2-9,21H,1H3,(H,19,20). The predicted octanol–water partition coefficient (Wildman–Crippen LogP) is 2.99. The van der Waals surface area contributed by atoms with Gasteiger partial charge in [-0.1, -0.05) is 36.4 Å². The lowest BCUT2D eigenvalue weighted by molar-refractivity contribution is -0.129. The van der Waals surface area contributed by atoms with Gasteiger partial charge in [0.25, 0.3) is 11.8 Å². The largest absolute Gasteiger partial charge is 0.372 e. The summed E-state index contributed by atoms with van der Waals surface area (Å²) in [5.41, 5.74) is -1.21. The summed E-state index contributed by atoms with van der Waals surface area (Å²) in [6.45, 7) is 0.777. The number of carbonyl (C=O) groups is 1. The first-order chi connectivity index (χ1) is 9.83. The maximum Gasteiger partial charge on any atom is 0.270 e. The average molecular weight is 289 g/mol. The Bertz CT molecular complexity index is 724. The summed E-state index contributed by atoms with van der Waals surface area (Å²) in [5.74, 6) is -3.68. The first-order valence-corrected chi connectivity index (χ1v) is 6.45. The van der Waals surface area contributed by atoms with Crippen molar-refractivity contribution in [2.45, 2.75) is 18.4 Å². The second-order valence-electron chi connectivity index (χ2n) is 5.18. The van der Waals surface area contributed by atoms with Crippen molar-refractivity contribution in [2.75, 3.05) is 5.32 Å². The summed E-state index contributed by atoms with van der Waals surface area (Å²) in [4.78, 5) is 12.2. The zero-order valence-corrected chi connectivity index (χ0v) is 11.2. The van der Waals surface area contributed by atoms with E-state index in [2.05, 4.69) is 5.32 Å². The Kier molecular flexibility index (Phi) is 2.85. The summed E-state index contributed by atoms with van der Waals surface area (Å²) >= 11 is 0. The van der Waals surface area contributed by atoms with Crippen molar-refractivity contribution in [3.63, 3.8) is 0 Å². The van der Waals surface area contributed by atoms with Crippen LogP contribution in [0.3, 0.4) is 0 Å². The van der Waals surface area contributed by atoms with Crippen LogP contribution < -0.4 is 5.32 Å². The number of carbonyl (C=O) groups excluding carboxylic acids is 1. The number of anilines is 1. The van der Waals surface area contributed by atoms with Crippen LogP contribution in [0.25, 0.3) is 0 Å². The molecule has 0 spiro atoms. The maximum absolute atomic E-state index is 13.5. The van der Waals surface area contributed by atoms with Gasteiger partial charge in [-0.2, -0.15) is 0 Å². The van der Waals surface area contributed by atoms with Gasteiger partial charge >= 0.3 is 0 Å². The highest BCUT2D eigenvalue weighted by molar-refractivity contribution is 6.07. The van der Waals surface area contributed by atoms with E-state index in [9.17, 15) is 18.7 Å². The molecule has 0 saturated carbocycles. The molecule has 2 aromatic rings. The van der Waals surface area contributed by atoms with E-state index >= 15 is 0 Å². The molecule has 1 aliphatic rings. The fourth-order valence-corrected chi connectivity index (χ4v) is 2.55. The lowest BCUT2D eigenvalue weighted by Gasteiger charge is -2.23. The van der Waals surface area contributed by atoms with Gasteiger partial charge in [0.05, 0.1) is 0 Å². The van der Waals surface area contributed by atoms with Crippen LogP contribution in [0.2, 0.25) is 0 Å². The molecule has 0 bridgehead atoms. The number of halogens is 2. The van der Waals surface area contributed by atoms with Gasteiger partial charge in [-0.15, -0.1) is 0 Å². The minimum absolute atomic E-state index is 0.129. The third kappa shape index (κ3) is 2.01. The molecule has 0 aliphatic carbocycles. The monoisotopic (exact) mass is 289 g/mol. The third-order valence-corrected chi connectivity index (χ3v) is 3.68. The molecule has 3 nitrogen and oxygen atoms in total. The van der Waals surface area contributed by atoms with E-state index in [0.29, 0.717) is 11.3 Å². The zero-order chi connectivity index (χ0) is 15.3. The fourth-order valence-electron chi connectivity index (χ4n) is 2.55. The van der Waals surface area contributed by atoms with Crippen LogP contribution in [0.5, 0.6) is 0 Å². The Morgan fingerprint density at radius 1 is 1.14 bits per heavy atom. The van der Waals surface area contributed by atoms with Gasteiger partial charge < -0.3 is 10.4 Å². The first kappa shape index (κ1) is 13.7. The smallest absolute Gasteiger partial charge is 0.270 e. The quantitative estimate of drug-likeness (QED) is 0.893. The second kappa shape index (κ2) is 4.36. The van der Waals surface area contributed by atoms with Crippen LogP contribution in [-0.2, 0) is 16.3 Å². The molecule has 0 aromatic heterocycles. The van der Waals surface area contributed by atoms with Crippen LogP contribution in [0.15, 0.2) is 48.5 Å². The molecule has 3 rings (SSSR count). The van der Waals surface area contributed by atoms with Crippen molar-refractivity contribution in [3.05, 3.63) is 65.2 Å². The molecular formula is C16H13F2NO2. The van der Waals surface area contributed by atoms with E-state index in [-0.39, 0.29) is 11.1 Å². The fraction of sp³-hybridized carbons (Fsp3) is 0.188. The molecule has 2 N–H and O–H groups in total. The van der Waals surface area contributed by atoms with E-state index in [1.807, 2.05) is 0 Å². The molecule has 5 heteroatoms. The molecule has 21 heavy (non-hydrogen) atoms. The number of benzene rings is 2. The van der Waals surface area contributed by atoms with Crippen LogP contribution >= 0.6 is 0 Å². The normalized spacial score (nSPS) is 21.0. The minimum atomic E-state index is -3.04. The summed E-state index contributed by atoms with van der Waals surface area (Å²) < 4.78 is 26.9. The third-order valence-electron chi connectivity index (χ3n) is 3.68. The molecule has 1 aliphatic heterocycles. The number of amides is 1. The minimum Gasteiger partial charge on any atom is -0.372 e. The summed E-state index contributed by atoms with van der Waals surface area (Å²) in [7, 11) is 0. The number of aliphatic hydroxyl groups is 1. The predicted molar refractivity (Wildman–Crippen MR) is 74.1 cm³/mol. The van der Waals surface area contributed by atoms with Gasteiger partial charge in [0.1, 0.15) is 0 Å². The molecule has 0 saturated heterocycles. The highest BCUT2D eigenvalue weighted by Crippen LogP contribution is 2.41. The van der Waals surface area contributed by atoms with E-state index in [1.165, 1.54) is 24.3 Å². The molecule has 1 amide bonds. The van der Waals surface area contributed by atoms with E-state index in [4.69, 9.17) is 0 Å². The van der Waals surface area contributed by atoms with Crippen LogP contribution in [-0.4, -0.2) is 11.0 Å². The Hall–Kier alpha value is -2.27. The molecular weight excluding hydrogens is 276 g/mol. The number of hydrogen-bond acceptors (Lipinski definition) is 2. The van der Waals surface area contributed by atoms with Crippen molar-refractivity contribution in [1.82, 2.24) is 0 Å². The van der Waals surface area contributed by atoms with Gasteiger partial charge in [0.2, 0.25) is 0 Å². The highest BCUT2D eigenvalue weighted by atomic mass is 19.3. The number of rotatable bonds is 2. The Labute approximate surface area is 120 Å². The van der Waals surface area contributed by atoms with Crippen molar-refractivity contribution >= 4 is 11.6 Å². The lowest BCUT2D eigenvalue weighted by atomic mass is 9.86. The van der Waals surface area contributed by atoms with Crippen molar-refractivity contribution < 1.29 is 18.7 Å². The summed E-state index contributed by atoms with van der Waals surface area (Å²) in [6.07, 6.45) is 0. The van der Waals surface area contributed by atoms with Crippen LogP contribution in [0.4, 0.5) is 14.5 Å². The Balaban J connectivity index is 2.18. The van der Waals surface area contributed by atoms with Crippen LogP contribution in [0.1, 0.15) is 23.6 Å². The maximum atomic E-state index is 13.5. The number of alkyl halides is 2. The van der Waals surface area contributed by atoms with Gasteiger partial charge in [0.15, 0.2) is 5.60 Å².